The lowest BCUT2D eigenvalue weighted by atomic mass is 10.1. The second-order valence-electron chi connectivity index (χ2n) is 4.63. The minimum atomic E-state index is -3.88. The van der Waals surface area contributed by atoms with Gasteiger partial charge in [0.2, 0.25) is 0 Å². The Kier molecular flexibility index (Phi) is 3.96. The number of anilines is 1. The fraction of sp³-hybridized carbons (Fsp3) is 0.133. The van der Waals surface area contributed by atoms with Crippen molar-refractivity contribution in [2.45, 2.75) is 18.7 Å². The molecule has 6 heteroatoms. The van der Waals surface area contributed by atoms with Gasteiger partial charge in [-0.25, -0.2) is 12.8 Å². The molecule has 0 aliphatic heterocycles. The van der Waals surface area contributed by atoms with Crippen molar-refractivity contribution in [3.63, 3.8) is 0 Å². The molecule has 0 saturated heterocycles. The summed E-state index contributed by atoms with van der Waals surface area (Å²) in [6.07, 6.45) is 0. The van der Waals surface area contributed by atoms with Crippen LogP contribution in [0.15, 0.2) is 41.3 Å². The molecule has 2 rings (SSSR count). The van der Waals surface area contributed by atoms with Crippen LogP contribution in [0.5, 0.6) is 0 Å². The SMILES string of the molecule is Cc1cccc(C)c1NS(=O)(=O)c1ccc(F)c(C#N)c1. The molecular weight excluding hydrogens is 291 g/mol. The van der Waals surface area contributed by atoms with Crippen molar-refractivity contribution in [1.29, 1.82) is 5.26 Å². The first-order valence-electron chi connectivity index (χ1n) is 6.14. The van der Waals surface area contributed by atoms with Gasteiger partial charge in [-0.2, -0.15) is 5.26 Å². The summed E-state index contributed by atoms with van der Waals surface area (Å²) in [6.45, 7) is 3.58. The van der Waals surface area contributed by atoms with E-state index in [1.165, 1.54) is 0 Å². The minimum absolute atomic E-state index is 0.150. The van der Waals surface area contributed by atoms with Crippen molar-refractivity contribution in [2.24, 2.45) is 0 Å². The van der Waals surface area contributed by atoms with Gasteiger partial charge in [-0.3, -0.25) is 4.72 Å². The van der Waals surface area contributed by atoms with Crippen molar-refractivity contribution in [3.05, 3.63) is 58.9 Å². The Morgan fingerprint density at radius 3 is 2.33 bits per heavy atom. The van der Waals surface area contributed by atoms with Crippen LogP contribution < -0.4 is 4.72 Å². The molecule has 0 atom stereocenters. The van der Waals surface area contributed by atoms with E-state index < -0.39 is 15.8 Å². The first-order valence-corrected chi connectivity index (χ1v) is 7.62. The summed E-state index contributed by atoms with van der Waals surface area (Å²) in [4.78, 5) is -0.150. The van der Waals surface area contributed by atoms with Crippen molar-refractivity contribution >= 4 is 15.7 Å². The quantitative estimate of drug-likeness (QED) is 0.947. The lowest BCUT2D eigenvalue weighted by Crippen LogP contribution is -2.15. The summed E-state index contributed by atoms with van der Waals surface area (Å²) >= 11 is 0. The molecule has 0 unspecified atom stereocenters. The van der Waals surface area contributed by atoms with Crippen LogP contribution in [-0.4, -0.2) is 8.42 Å². The smallest absolute Gasteiger partial charge is 0.261 e. The fourth-order valence-electron chi connectivity index (χ4n) is 1.93. The van der Waals surface area contributed by atoms with Crippen molar-refractivity contribution in [2.75, 3.05) is 4.72 Å². The molecule has 0 saturated carbocycles. The molecule has 108 valence electrons. The Morgan fingerprint density at radius 2 is 1.76 bits per heavy atom. The van der Waals surface area contributed by atoms with Crippen LogP contribution >= 0.6 is 0 Å². The van der Waals surface area contributed by atoms with Crippen LogP contribution in [0.1, 0.15) is 16.7 Å². The number of nitriles is 1. The number of nitrogens with one attached hydrogen (secondary N) is 1. The molecule has 0 heterocycles. The highest BCUT2D eigenvalue weighted by Crippen LogP contribution is 2.24. The van der Waals surface area contributed by atoms with Crippen LogP contribution in [0.3, 0.4) is 0 Å². The van der Waals surface area contributed by atoms with Gasteiger partial charge in [-0.15, -0.1) is 0 Å². The Bertz CT molecular complexity index is 819. The van der Waals surface area contributed by atoms with E-state index in [0.717, 1.165) is 29.3 Å². The maximum atomic E-state index is 13.3. The highest BCUT2D eigenvalue weighted by Gasteiger charge is 2.18. The number of halogens is 1. The van der Waals surface area contributed by atoms with E-state index in [1.54, 1.807) is 32.0 Å². The number of benzene rings is 2. The maximum absolute atomic E-state index is 13.3. The van der Waals surface area contributed by atoms with Crippen LogP contribution in [-0.2, 0) is 10.0 Å². The van der Waals surface area contributed by atoms with Crippen molar-refractivity contribution in [1.82, 2.24) is 0 Å². The fourth-order valence-corrected chi connectivity index (χ4v) is 3.15. The third-order valence-electron chi connectivity index (χ3n) is 3.09. The zero-order valence-electron chi connectivity index (χ0n) is 11.5. The summed E-state index contributed by atoms with van der Waals surface area (Å²) in [6, 6.07) is 10.2. The molecule has 0 radical (unpaired) electrons. The summed E-state index contributed by atoms with van der Waals surface area (Å²) in [7, 11) is -3.88. The number of hydrogen-bond acceptors (Lipinski definition) is 3. The number of sulfonamides is 1. The van der Waals surface area contributed by atoms with E-state index >= 15 is 0 Å². The first-order chi connectivity index (χ1) is 9.85. The first kappa shape index (κ1) is 15.0. The molecule has 0 amide bonds. The van der Waals surface area contributed by atoms with E-state index in [-0.39, 0.29) is 10.5 Å². The predicted molar refractivity (Wildman–Crippen MR) is 77.8 cm³/mol. The van der Waals surface area contributed by atoms with E-state index in [1.807, 2.05) is 6.07 Å². The second-order valence-corrected chi connectivity index (χ2v) is 6.31. The lowest BCUT2D eigenvalue weighted by Gasteiger charge is -2.13. The number of aryl methyl sites for hydroxylation is 2. The highest BCUT2D eigenvalue weighted by atomic mass is 32.2. The second kappa shape index (κ2) is 5.54. The van der Waals surface area contributed by atoms with Crippen LogP contribution in [0.2, 0.25) is 0 Å². The molecule has 4 nitrogen and oxygen atoms in total. The zero-order chi connectivity index (χ0) is 15.6. The maximum Gasteiger partial charge on any atom is 0.261 e. The van der Waals surface area contributed by atoms with Crippen molar-refractivity contribution in [3.8, 4) is 6.07 Å². The number of para-hydroxylation sites is 1. The lowest BCUT2D eigenvalue weighted by molar-refractivity contribution is 0.599. The minimum Gasteiger partial charge on any atom is -0.279 e. The number of rotatable bonds is 3. The van der Waals surface area contributed by atoms with E-state index in [4.69, 9.17) is 5.26 Å². The van der Waals surface area contributed by atoms with Gasteiger partial charge in [-0.05, 0) is 43.2 Å². The average molecular weight is 304 g/mol. The Morgan fingerprint density at radius 1 is 1.14 bits per heavy atom. The Hall–Kier alpha value is -2.39. The van der Waals surface area contributed by atoms with Crippen LogP contribution in [0.4, 0.5) is 10.1 Å². The van der Waals surface area contributed by atoms with E-state index in [2.05, 4.69) is 4.72 Å². The van der Waals surface area contributed by atoms with Gasteiger partial charge in [0.05, 0.1) is 16.1 Å². The zero-order valence-corrected chi connectivity index (χ0v) is 12.3. The summed E-state index contributed by atoms with van der Waals surface area (Å²) < 4.78 is 40.4. The normalized spacial score (nSPS) is 11.0. The van der Waals surface area contributed by atoms with Crippen molar-refractivity contribution < 1.29 is 12.8 Å². The van der Waals surface area contributed by atoms with Crippen LogP contribution in [0, 0.1) is 31.0 Å². The summed E-state index contributed by atoms with van der Waals surface area (Å²) in [5, 5.41) is 8.78. The summed E-state index contributed by atoms with van der Waals surface area (Å²) in [5.74, 6) is -0.747. The molecule has 0 spiro atoms. The highest BCUT2D eigenvalue weighted by molar-refractivity contribution is 7.92. The standard InChI is InChI=1S/C15H13FN2O2S/c1-10-4-3-5-11(2)15(10)18-21(19,20)13-6-7-14(16)12(8-13)9-17/h3-8,18H,1-2H3. The van der Waals surface area contributed by atoms with Gasteiger partial charge in [0.25, 0.3) is 10.0 Å². The molecule has 0 aromatic heterocycles. The third kappa shape index (κ3) is 3.03. The molecule has 0 aliphatic rings. The molecule has 2 aromatic rings. The van der Waals surface area contributed by atoms with E-state index in [0.29, 0.717) is 5.69 Å². The van der Waals surface area contributed by atoms with Gasteiger partial charge in [-0.1, -0.05) is 18.2 Å². The Balaban J connectivity index is 2.47. The average Bonchev–Trinajstić information content (AvgIpc) is 2.43. The van der Waals surface area contributed by atoms with Gasteiger partial charge >= 0.3 is 0 Å². The number of nitrogens with zero attached hydrogens (tertiary/aromatic N) is 1. The molecular formula is C15H13FN2O2S. The molecule has 0 fully saturated rings. The van der Waals surface area contributed by atoms with Gasteiger partial charge < -0.3 is 0 Å². The van der Waals surface area contributed by atoms with Gasteiger partial charge in [0, 0.05) is 0 Å². The predicted octanol–water partition coefficient (Wildman–Crippen LogP) is 3.12. The van der Waals surface area contributed by atoms with Gasteiger partial charge in [0.1, 0.15) is 11.9 Å². The monoisotopic (exact) mass is 304 g/mol. The topological polar surface area (TPSA) is 70.0 Å². The molecule has 0 bridgehead atoms. The van der Waals surface area contributed by atoms with Gasteiger partial charge in [0.15, 0.2) is 0 Å². The molecule has 21 heavy (non-hydrogen) atoms. The molecule has 1 N–H and O–H groups in total. The van der Waals surface area contributed by atoms with E-state index in [9.17, 15) is 12.8 Å². The number of hydrogen-bond donors (Lipinski definition) is 1. The summed E-state index contributed by atoms with van der Waals surface area (Å²) in [5.41, 5.74) is 1.74. The Labute approximate surface area is 122 Å². The largest absolute Gasteiger partial charge is 0.279 e. The third-order valence-corrected chi connectivity index (χ3v) is 4.43. The van der Waals surface area contributed by atoms with Crippen LogP contribution in [0.25, 0.3) is 0 Å². The molecule has 2 aromatic carbocycles. The molecule has 0 aliphatic carbocycles.